The molecule has 0 radical (unpaired) electrons. The summed E-state index contributed by atoms with van der Waals surface area (Å²) in [5, 5.41) is 3.15. The van der Waals surface area contributed by atoms with Gasteiger partial charge in [0.2, 0.25) is 0 Å². The maximum absolute atomic E-state index is 5.57. The van der Waals surface area contributed by atoms with Gasteiger partial charge in [0.05, 0.1) is 17.6 Å². The Morgan fingerprint density at radius 3 is 2.86 bits per heavy atom. The van der Waals surface area contributed by atoms with E-state index in [-0.39, 0.29) is 6.04 Å². The molecule has 3 nitrogen and oxygen atoms in total. The van der Waals surface area contributed by atoms with Gasteiger partial charge in [0.15, 0.2) is 0 Å². The first kappa shape index (κ1) is 11.6. The molecule has 0 spiro atoms. The summed E-state index contributed by atoms with van der Waals surface area (Å²) in [6.45, 7) is 4.80. The highest BCUT2D eigenvalue weighted by atomic mass is 32.1. The number of aryl methyl sites for hydroxylation is 1. The number of hydrogen-bond acceptors (Lipinski definition) is 4. The van der Waals surface area contributed by atoms with Gasteiger partial charge in [-0.2, -0.15) is 0 Å². The molecule has 0 aliphatic heterocycles. The van der Waals surface area contributed by atoms with Crippen molar-refractivity contribution >= 4 is 28.5 Å². The number of thiazole rings is 1. The van der Waals surface area contributed by atoms with Crippen LogP contribution in [0.4, 0.5) is 0 Å². The fourth-order valence-electron chi connectivity index (χ4n) is 1.04. The zero-order chi connectivity index (χ0) is 10.7. The quantitative estimate of drug-likeness (QED) is 0.796. The van der Waals surface area contributed by atoms with E-state index < -0.39 is 0 Å². The van der Waals surface area contributed by atoms with Crippen LogP contribution in [0.1, 0.15) is 17.6 Å². The molecule has 1 aromatic heterocycles. The average Bonchev–Trinajstić information content (AvgIpc) is 2.49. The molecule has 14 heavy (non-hydrogen) atoms. The van der Waals surface area contributed by atoms with Crippen LogP contribution in [-0.2, 0) is 6.54 Å². The Morgan fingerprint density at radius 1 is 1.79 bits per heavy atom. The molecule has 0 saturated carbocycles. The summed E-state index contributed by atoms with van der Waals surface area (Å²) >= 11 is 6.61. The summed E-state index contributed by atoms with van der Waals surface area (Å²) < 4.78 is 0. The molecular weight excluding hydrogens is 214 g/mol. The smallest absolute Gasteiger partial charge is 0.107 e. The summed E-state index contributed by atoms with van der Waals surface area (Å²) in [7, 11) is 2.00. The highest BCUT2D eigenvalue weighted by molar-refractivity contribution is 7.80. The Bertz CT molecular complexity index is 322. The van der Waals surface area contributed by atoms with Crippen LogP contribution in [0.25, 0.3) is 0 Å². The maximum atomic E-state index is 5.57. The van der Waals surface area contributed by atoms with Gasteiger partial charge in [-0.05, 0) is 20.9 Å². The van der Waals surface area contributed by atoms with Crippen LogP contribution in [-0.4, -0.2) is 28.0 Å². The fourth-order valence-corrected chi connectivity index (χ4v) is 2.06. The minimum atomic E-state index is 0.120. The molecule has 0 bridgehead atoms. The third-order valence-corrected chi connectivity index (χ3v) is 3.42. The number of likely N-dealkylation sites (N-methyl/N-ethyl adjacent to an activating group) is 1. The Kier molecular flexibility index (Phi) is 3.97. The Balaban J connectivity index is 2.56. The molecule has 0 aliphatic rings. The predicted octanol–water partition coefficient (Wildman–Crippen LogP) is 1.56. The zero-order valence-electron chi connectivity index (χ0n) is 8.65. The average molecular weight is 229 g/mol. The molecule has 78 valence electrons. The molecule has 0 aromatic carbocycles. The first-order valence-corrected chi connectivity index (χ1v) is 5.70. The molecule has 0 fully saturated rings. The Hall–Kier alpha value is -0.520. The first-order valence-electron chi connectivity index (χ1n) is 4.41. The normalized spacial score (nSPS) is 13.1. The number of hydrogen-bond donors (Lipinski definition) is 1. The van der Waals surface area contributed by atoms with Crippen molar-refractivity contribution in [2.45, 2.75) is 26.4 Å². The van der Waals surface area contributed by atoms with Crippen LogP contribution in [0, 0.1) is 6.92 Å². The number of nitrogens with two attached hydrogens (primary N) is 1. The molecule has 1 unspecified atom stereocenters. The van der Waals surface area contributed by atoms with Crippen LogP contribution in [0.5, 0.6) is 0 Å². The third-order valence-electron chi connectivity index (χ3n) is 2.12. The van der Waals surface area contributed by atoms with E-state index in [4.69, 9.17) is 18.0 Å². The minimum absolute atomic E-state index is 0.120. The van der Waals surface area contributed by atoms with Crippen molar-refractivity contribution in [3.63, 3.8) is 0 Å². The van der Waals surface area contributed by atoms with Crippen LogP contribution in [0.3, 0.4) is 0 Å². The number of aromatic nitrogens is 1. The van der Waals surface area contributed by atoms with E-state index in [0.717, 1.165) is 17.2 Å². The van der Waals surface area contributed by atoms with E-state index in [1.165, 1.54) is 0 Å². The molecule has 2 N–H and O–H groups in total. The van der Waals surface area contributed by atoms with Gasteiger partial charge < -0.3 is 5.73 Å². The van der Waals surface area contributed by atoms with Gasteiger partial charge >= 0.3 is 0 Å². The second-order valence-electron chi connectivity index (χ2n) is 3.38. The van der Waals surface area contributed by atoms with Gasteiger partial charge in [-0.1, -0.05) is 12.2 Å². The lowest BCUT2D eigenvalue weighted by atomic mass is 10.3. The van der Waals surface area contributed by atoms with Crippen molar-refractivity contribution in [1.82, 2.24) is 9.88 Å². The molecule has 1 aromatic rings. The number of nitrogens with zero attached hydrogens (tertiary/aromatic N) is 2. The molecule has 5 heteroatoms. The van der Waals surface area contributed by atoms with E-state index >= 15 is 0 Å². The first-order chi connectivity index (χ1) is 6.50. The zero-order valence-corrected chi connectivity index (χ0v) is 10.3. The molecule has 1 atom stereocenters. The lowest BCUT2D eigenvalue weighted by molar-refractivity contribution is 0.303. The van der Waals surface area contributed by atoms with E-state index in [1.54, 1.807) is 11.3 Å². The van der Waals surface area contributed by atoms with E-state index in [1.807, 2.05) is 20.9 Å². The van der Waals surface area contributed by atoms with Crippen molar-refractivity contribution in [1.29, 1.82) is 0 Å². The second-order valence-corrected chi connectivity index (χ2v) is 4.79. The molecule has 0 saturated heterocycles. The van der Waals surface area contributed by atoms with Crippen LogP contribution in [0.15, 0.2) is 5.38 Å². The molecule has 0 amide bonds. The summed E-state index contributed by atoms with van der Waals surface area (Å²) in [6.07, 6.45) is 0. The molecule has 0 aliphatic carbocycles. The van der Waals surface area contributed by atoms with Crippen molar-refractivity contribution in [2.24, 2.45) is 5.73 Å². The topological polar surface area (TPSA) is 42.1 Å². The van der Waals surface area contributed by atoms with Gasteiger partial charge in [-0.3, -0.25) is 4.90 Å². The van der Waals surface area contributed by atoms with E-state index in [0.29, 0.717) is 4.99 Å². The van der Waals surface area contributed by atoms with Gasteiger partial charge in [-0.15, -0.1) is 11.3 Å². The molecule has 1 heterocycles. The monoisotopic (exact) mass is 229 g/mol. The van der Waals surface area contributed by atoms with Gasteiger partial charge in [0.1, 0.15) is 5.01 Å². The SMILES string of the molecule is Cc1csc(CN(C)C(C)C(N)=S)n1. The molecular formula is C9H15N3S2. The van der Waals surface area contributed by atoms with E-state index in [9.17, 15) is 0 Å². The maximum Gasteiger partial charge on any atom is 0.107 e. The summed E-state index contributed by atoms with van der Waals surface area (Å²) in [5.74, 6) is 0. The standard InChI is InChI=1S/C9H15N3S2/c1-6-5-14-8(11-6)4-12(3)7(2)9(10)13/h5,7H,4H2,1-3H3,(H2,10,13). The van der Waals surface area contributed by atoms with Crippen molar-refractivity contribution < 1.29 is 0 Å². The molecule has 1 rings (SSSR count). The van der Waals surface area contributed by atoms with Gasteiger partial charge in [0.25, 0.3) is 0 Å². The summed E-state index contributed by atoms with van der Waals surface area (Å²) in [6, 6.07) is 0.120. The number of thiocarbonyl (C=S) groups is 1. The van der Waals surface area contributed by atoms with E-state index in [2.05, 4.69) is 15.3 Å². The van der Waals surface area contributed by atoms with Crippen LogP contribution in [0.2, 0.25) is 0 Å². The minimum Gasteiger partial charge on any atom is -0.392 e. The summed E-state index contributed by atoms with van der Waals surface area (Å²) in [4.78, 5) is 7.01. The Morgan fingerprint density at radius 2 is 2.43 bits per heavy atom. The number of rotatable bonds is 4. The third kappa shape index (κ3) is 3.01. The van der Waals surface area contributed by atoms with Gasteiger partial charge in [0, 0.05) is 11.1 Å². The lowest BCUT2D eigenvalue weighted by Crippen LogP contribution is -2.38. The fraction of sp³-hybridized carbons (Fsp3) is 0.556. The second kappa shape index (κ2) is 4.82. The largest absolute Gasteiger partial charge is 0.392 e. The summed E-state index contributed by atoms with van der Waals surface area (Å²) in [5.41, 5.74) is 6.64. The lowest BCUT2D eigenvalue weighted by Gasteiger charge is -2.22. The highest BCUT2D eigenvalue weighted by Gasteiger charge is 2.13. The Labute approximate surface area is 93.9 Å². The van der Waals surface area contributed by atoms with Gasteiger partial charge in [-0.25, -0.2) is 4.98 Å². The highest BCUT2D eigenvalue weighted by Crippen LogP contribution is 2.12. The predicted molar refractivity (Wildman–Crippen MR) is 64.6 cm³/mol. The van der Waals surface area contributed by atoms with Crippen molar-refractivity contribution in [3.05, 3.63) is 16.1 Å². The van der Waals surface area contributed by atoms with Crippen molar-refractivity contribution in [2.75, 3.05) is 7.05 Å². The van der Waals surface area contributed by atoms with Crippen LogP contribution < -0.4 is 5.73 Å². The van der Waals surface area contributed by atoms with Crippen LogP contribution >= 0.6 is 23.6 Å². The van der Waals surface area contributed by atoms with Crippen molar-refractivity contribution in [3.8, 4) is 0 Å².